The van der Waals surface area contributed by atoms with Crippen molar-refractivity contribution in [1.29, 1.82) is 0 Å². The molecule has 0 heterocycles. The molecule has 0 spiro atoms. The van der Waals surface area contributed by atoms with Gasteiger partial charge in [-0.05, 0) is 54.5 Å². The van der Waals surface area contributed by atoms with Crippen molar-refractivity contribution in [3.05, 3.63) is 59.1 Å². The maximum absolute atomic E-state index is 5.94. The van der Waals surface area contributed by atoms with Gasteiger partial charge in [-0.3, -0.25) is 0 Å². The highest BCUT2D eigenvalue weighted by molar-refractivity contribution is 7.99. The first kappa shape index (κ1) is 13.3. The summed E-state index contributed by atoms with van der Waals surface area (Å²) in [6.07, 6.45) is 2.24. The lowest BCUT2D eigenvalue weighted by molar-refractivity contribution is 0.933. The van der Waals surface area contributed by atoms with Crippen molar-refractivity contribution >= 4 is 29.1 Å². The van der Waals surface area contributed by atoms with Crippen LogP contribution in [-0.2, 0) is 6.42 Å². The van der Waals surface area contributed by atoms with Crippen LogP contribution in [0.4, 0.5) is 5.69 Å². The average Bonchev–Trinajstić information content (AvgIpc) is 2.37. The lowest BCUT2D eigenvalue weighted by Crippen LogP contribution is -1.89. The van der Waals surface area contributed by atoms with Gasteiger partial charge in [0.1, 0.15) is 0 Å². The molecule has 94 valence electrons. The smallest absolute Gasteiger partial charge is 0.0417 e. The van der Waals surface area contributed by atoms with E-state index in [1.807, 2.05) is 42.1 Å². The molecule has 0 aliphatic carbocycles. The van der Waals surface area contributed by atoms with Gasteiger partial charge in [0.25, 0.3) is 0 Å². The van der Waals surface area contributed by atoms with E-state index in [2.05, 4.69) is 18.2 Å². The summed E-state index contributed by atoms with van der Waals surface area (Å²) in [4.78, 5) is 1.24. The molecule has 0 saturated carbocycles. The Morgan fingerprint density at radius 2 is 1.83 bits per heavy atom. The fourth-order valence-electron chi connectivity index (χ4n) is 1.71. The molecule has 0 aromatic heterocycles. The van der Waals surface area contributed by atoms with Gasteiger partial charge in [-0.25, -0.2) is 0 Å². The number of nitrogens with two attached hydrogens (primary N) is 1. The van der Waals surface area contributed by atoms with Gasteiger partial charge in [-0.15, -0.1) is 11.8 Å². The van der Waals surface area contributed by atoms with Crippen LogP contribution in [0.25, 0.3) is 0 Å². The summed E-state index contributed by atoms with van der Waals surface area (Å²) in [5.74, 6) is 1.10. The first-order valence-corrected chi connectivity index (χ1v) is 7.33. The van der Waals surface area contributed by atoms with Gasteiger partial charge in [-0.1, -0.05) is 29.8 Å². The number of anilines is 1. The Kier molecular flexibility index (Phi) is 4.97. The quantitative estimate of drug-likeness (QED) is 0.489. The summed E-state index contributed by atoms with van der Waals surface area (Å²) in [5.41, 5.74) is 7.82. The molecule has 2 aromatic rings. The molecule has 0 bridgehead atoms. The lowest BCUT2D eigenvalue weighted by atomic mass is 10.1. The molecule has 0 aliphatic rings. The molecule has 18 heavy (non-hydrogen) atoms. The van der Waals surface area contributed by atoms with E-state index < -0.39 is 0 Å². The first-order valence-electron chi connectivity index (χ1n) is 5.97. The average molecular weight is 278 g/mol. The van der Waals surface area contributed by atoms with E-state index in [1.54, 1.807) is 0 Å². The molecule has 0 fully saturated rings. The highest BCUT2D eigenvalue weighted by Gasteiger charge is 1.97. The molecule has 0 unspecified atom stereocenters. The third kappa shape index (κ3) is 4.28. The SMILES string of the molecule is Nc1ccc(CCCSc2cccc(Cl)c2)cc1. The van der Waals surface area contributed by atoms with E-state index in [0.29, 0.717) is 0 Å². The highest BCUT2D eigenvalue weighted by atomic mass is 35.5. The van der Waals surface area contributed by atoms with E-state index in [0.717, 1.165) is 29.3 Å². The van der Waals surface area contributed by atoms with Crippen molar-refractivity contribution < 1.29 is 0 Å². The molecular formula is C15H16ClNS. The molecule has 0 amide bonds. The Labute approximate surface area is 117 Å². The molecule has 0 saturated heterocycles. The monoisotopic (exact) mass is 277 g/mol. The van der Waals surface area contributed by atoms with Crippen molar-refractivity contribution in [3.8, 4) is 0 Å². The molecular weight excluding hydrogens is 262 g/mol. The second kappa shape index (κ2) is 6.72. The summed E-state index contributed by atoms with van der Waals surface area (Å²) in [6.45, 7) is 0. The Morgan fingerprint density at radius 3 is 2.56 bits per heavy atom. The highest BCUT2D eigenvalue weighted by Crippen LogP contribution is 2.22. The van der Waals surface area contributed by atoms with Crippen molar-refractivity contribution in [1.82, 2.24) is 0 Å². The van der Waals surface area contributed by atoms with Crippen molar-refractivity contribution in [2.45, 2.75) is 17.7 Å². The molecule has 0 radical (unpaired) electrons. The van der Waals surface area contributed by atoms with Gasteiger partial charge < -0.3 is 5.73 Å². The van der Waals surface area contributed by atoms with Gasteiger partial charge in [0.2, 0.25) is 0 Å². The van der Waals surface area contributed by atoms with E-state index in [1.165, 1.54) is 10.5 Å². The third-order valence-corrected chi connectivity index (χ3v) is 3.97. The van der Waals surface area contributed by atoms with Gasteiger partial charge in [-0.2, -0.15) is 0 Å². The lowest BCUT2D eigenvalue weighted by Gasteiger charge is -2.03. The Hall–Kier alpha value is -1.12. The zero-order valence-corrected chi connectivity index (χ0v) is 11.7. The van der Waals surface area contributed by atoms with Gasteiger partial charge in [0, 0.05) is 15.6 Å². The van der Waals surface area contributed by atoms with Gasteiger partial charge in [0.05, 0.1) is 0 Å². The minimum absolute atomic E-state index is 0.804. The first-order chi connectivity index (χ1) is 8.74. The molecule has 2 N–H and O–H groups in total. The summed E-state index contributed by atoms with van der Waals surface area (Å²) >= 11 is 7.79. The zero-order valence-electron chi connectivity index (χ0n) is 10.1. The minimum atomic E-state index is 0.804. The number of rotatable bonds is 5. The molecule has 0 aliphatic heterocycles. The second-order valence-electron chi connectivity index (χ2n) is 4.15. The molecule has 0 atom stereocenters. The fraction of sp³-hybridized carbons (Fsp3) is 0.200. The van der Waals surface area contributed by atoms with Crippen LogP contribution >= 0.6 is 23.4 Å². The van der Waals surface area contributed by atoms with Crippen LogP contribution in [0.15, 0.2) is 53.4 Å². The zero-order chi connectivity index (χ0) is 12.8. The number of nitrogen functional groups attached to an aromatic ring is 1. The molecule has 3 heteroatoms. The number of aryl methyl sites for hydroxylation is 1. The van der Waals surface area contributed by atoms with Crippen LogP contribution in [0, 0.1) is 0 Å². The number of halogens is 1. The normalized spacial score (nSPS) is 10.5. The predicted octanol–water partition coefficient (Wildman–Crippen LogP) is 4.65. The Morgan fingerprint density at radius 1 is 1.06 bits per heavy atom. The number of hydrogen-bond acceptors (Lipinski definition) is 2. The Bertz CT molecular complexity index is 496. The van der Waals surface area contributed by atoms with Crippen LogP contribution in [-0.4, -0.2) is 5.75 Å². The van der Waals surface area contributed by atoms with Gasteiger partial charge >= 0.3 is 0 Å². The van der Waals surface area contributed by atoms with Crippen LogP contribution in [0.1, 0.15) is 12.0 Å². The second-order valence-corrected chi connectivity index (χ2v) is 5.76. The minimum Gasteiger partial charge on any atom is -0.399 e. The van der Waals surface area contributed by atoms with E-state index in [4.69, 9.17) is 17.3 Å². The predicted molar refractivity (Wildman–Crippen MR) is 81.4 cm³/mol. The molecule has 2 aromatic carbocycles. The van der Waals surface area contributed by atoms with Crippen LogP contribution in [0.5, 0.6) is 0 Å². The van der Waals surface area contributed by atoms with Crippen molar-refractivity contribution in [2.24, 2.45) is 0 Å². The summed E-state index contributed by atoms with van der Waals surface area (Å²) in [6, 6.07) is 16.1. The number of benzene rings is 2. The molecule has 1 nitrogen and oxygen atoms in total. The largest absolute Gasteiger partial charge is 0.399 e. The van der Waals surface area contributed by atoms with Crippen LogP contribution in [0.2, 0.25) is 5.02 Å². The summed E-state index contributed by atoms with van der Waals surface area (Å²) in [7, 11) is 0. The van der Waals surface area contributed by atoms with E-state index >= 15 is 0 Å². The topological polar surface area (TPSA) is 26.0 Å². The standard InChI is InChI=1S/C15H16ClNS/c16-13-4-1-5-15(11-13)18-10-2-3-12-6-8-14(17)9-7-12/h1,4-9,11H,2-3,10,17H2. The number of hydrogen-bond donors (Lipinski definition) is 1. The maximum Gasteiger partial charge on any atom is 0.0417 e. The van der Waals surface area contributed by atoms with Crippen molar-refractivity contribution in [3.63, 3.8) is 0 Å². The van der Waals surface area contributed by atoms with Crippen molar-refractivity contribution in [2.75, 3.05) is 11.5 Å². The summed E-state index contributed by atoms with van der Waals surface area (Å²) < 4.78 is 0. The number of thioether (sulfide) groups is 1. The third-order valence-electron chi connectivity index (χ3n) is 2.65. The van der Waals surface area contributed by atoms with Crippen LogP contribution in [0.3, 0.4) is 0 Å². The van der Waals surface area contributed by atoms with E-state index in [-0.39, 0.29) is 0 Å². The summed E-state index contributed by atoms with van der Waals surface area (Å²) in [5, 5.41) is 0.804. The van der Waals surface area contributed by atoms with E-state index in [9.17, 15) is 0 Å². The fourth-order valence-corrected chi connectivity index (χ4v) is 2.87. The molecule has 2 rings (SSSR count). The maximum atomic E-state index is 5.94. The Balaban J connectivity index is 1.74. The van der Waals surface area contributed by atoms with Crippen LogP contribution < -0.4 is 5.73 Å². The van der Waals surface area contributed by atoms with Gasteiger partial charge in [0.15, 0.2) is 0 Å².